The average Bonchev–Trinajstić information content (AvgIpc) is 3.45. The molecule has 0 bridgehead atoms. The van der Waals surface area contributed by atoms with E-state index in [0.717, 1.165) is 38.0 Å². The number of hydrogen-bond donors (Lipinski definition) is 1. The van der Waals surface area contributed by atoms with Crippen molar-refractivity contribution in [3.8, 4) is 12.3 Å². The van der Waals surface area contributed by atoms with Crippen LogP contribution < -0.4 is 10.1 Å². The van der Waals surface area contributed by atoms with Crippen molar-refractivity contribution in [1.29, 1.82) is 0 Å². The molecule has 1 aliphatic rings. The second-order valence-electron chi connectivity index (χ2n) is 7.93. The Morgan fingerprint density at radius 2 is 2.03 bits per heavy atom. The highest BCUT2D eigenvalue weighted by molar-refractivity contribution is 9.10. The number of anilines is 1. The summed E-state index contributed by atoms with van der Waals surface area (Å²) in [4.78, 5) is 42.5. The van der Waals surface area contributed by atoms with Crippen LogP contribution in [0.1, 0.15) is 27.2 Å². The standard InChI is InChI=1S/C23H20BrN3O6S3/c1-3-9-27-15-8-7-13(24)10-17(15)35-23(27)26-19(29)12-36(31,32)11-18(28)25-21-20(22(30)33-2)14-5-4-6-16(14)34-21/h1,7-8,10H,4-6,9,11-12H2,2H3,(H,25,28). The molecule has 0 unspecified atom stereocenters. The first-order chi connectivity index (χ1) is 17.1. The average molecular weight is 611 g/mol. The Balaban J connectivity index is 1.50. The number of ether oxygens (including phenoxy) is 1. The molecule has 0 radical (unpaired) electrons. The van der Waals surface area contributed by atoms with Crippen molar-refractivity contribution in [2.75, 3.05) is 23.9 Å². The highest BCUT2D eigenvalue weighted by Crippen LogP contribution is 2.39. The van der Waals surface area contributed by atoms with Crippen molar-refractivity contribution in [2.45, 2.75) is 25.8 Å². The van der Waals surface area contributed by atoms with Gasteiger partial charge in [0.05, 0.1) is 29.4 Å². The zero-order valence-corrected chi connectivity index (χ0v) is 23.0. The van der Waals surface area contributed by atoms with Crippen LogP contribution in [0.4, 0.5) is 5.00 Å². The molecular weight excluding hydrogens is 590 g/mol. The third-order valence-corrected chi connectivity index (χ3v) is 9.50. The summed E-state index contributed by atoms with van der Waals surface area (Å²) in [6, 6.07) is 5.49. The molecule has 3 aromatic rings. The van der Waals surface area contributed by atoms with E-state index in [-0.39, 0.29) is 21.9 Å². The molecule has 2 heterocycles. The van der Waals surface area contributed by atoms with Gasteiger partial charge in [0.2, 0.25) is 5.91 Å². The fraction of sp³-hybridized carbons (Fsp3) is 0.304. The fourth-order valence-corrected chi connectivity index (χ4v) is 7.83. The van der Waals surface area contributed by atoms with Crippen LogP contribution in [0.5, 0.6) is 0 Å². The molecule has 2 aromatic heterocycles. The number of thiophene rings is 1. The van der Waals surface area contributed by atoms with Gasteiger partial charge in [-0.15, -0.1) is 17.8 Å². The van der Waals surface area contributed by atoms with Crippen LogP contribution in [0.25, 0.3) is 10.2 Å². The number of carbonyl (C=O) groups is 3. The molecule has 36 heavy (non-hydrogen) atoms. The van der Waals surface area contributed by atoms with Gasteiger partial charge in [0, 0.05) is 9.35 Å². The molecule has 188 valence electrons. The van der Waals surface area contributed by atoms with Crippen molar-refractivity contribution in [1.82, 2.24) is 4.57 Å². The lowest BCUT2D eigenvalue weighted by molar-refractivity contribution is -0.115. The van der Waals surface area contributed by atoms with E-state index in [2.05, 4.69) is 32.2 Å². The van der Waals surface area contributed by atoms with E-state index in [9.17, 15) is 22.8 Å². The number of aromatic nitrogens is 1. The van der Waals surface area contributed by atoms with E-state index in [1.54, 1.807) is 4.57 Å². The fourth-order valence-electron chi connectivity index (χ4n) is 3.93. The number of rotatable bonds is 7. The van der Waals surface area contributed by atoms with Gasteiger partial charge in [-0.3, -0.25) is 9.59 Å². The molecular formula is C23H20BrN3O6S3. The lowest BCUT2D eigenvalue weighted by Gasteiger charge is -2.07. The first-order valence-corrected chi connectivity index (χ1v) is 14.9. The Labute approximate surface area is 223 Å². The van der Waals surface area contributed by atoms with E-state index in [1.807, 2.05) is 18.2 Å². The molecule has 0 saturated carbocycles. The summed E-state index contributed by atoms with van der Waals surface area (Å²) in [6.45, 7) is 0.149. The quantitative estimate of drug-likeness (QED) is 0.324. The first kappa shape index (κ1) is 26.3. The number of aryl methyl sites for hydroxylation is 1. The minimum absolute atomic E-state index is 0.149. The van der Waals surface area contributed by atoms with Crippen LogP contribution in [0.2, 0.25) is 0 Å². The summed E-state index contributed by atoms with van der Waals surface area (Å²) in [5.41, 5.74) is 1.86. The number of sulfone groups is 1. The van der Waals surface area contributed by atoms with Gasteiger partial charge in [0.1, 0.15) is 16.5 Å². The molecule has 0 atom stereocenters. The van der Waals surface area contributed by atoms with E-state index in [4.69, 9.17) is 11.2 Å². The molecule has 0 fully saturated rings. The monoisotopic (exact) mass is 609 g/mol. The number of fused-ring (bicyclic) bond motifs is 2. The second-order valence-corrected chi connectivity index (χ2v) is 13.0. The normalized spacial score (nSPS) is 13.4. The Morgan fingerprint density at radius 3 is 2.75 bits per heavy atom. The van der Waals surface area contributed by atoms with Crippen LogP contribution in [-0.4, -0.2) is 49.4 Å². The molecule has 1 N–H and O–H groups in total. The molecule has 9 nitrogen and oxygen atoms in total. The van der Waals surface area contributed by atoms with E-state index in [1.165, 1.54) is 29.8 Å². The van der Waals surface area contributed by atoms with Crippen molar-refractivity contribution in [3.63, 3.8) is 0 Å². The molecule has 0 aliphatic heterocycles. The highest BCUT2D eigenvalue weighted by atomic mass is 79.9. The number of hydrogen-bond acceptors (Lipinski definition) is 8. The molecule has 0 saturated heterocycles. The number of esters is 1. The van der Waals surface area contributed by atoms with Gasteiger partial charge in [0.15, 0.2) is 14.6 Å². The van der Waals surface area contributed by atoms with Gasteiger partial charge >= 0.3 is 5.97 Å². The lowest BCUT2D eigenvalue weighted by atomic mass is 10.1. The van der Waals surface area contributed by atoms with Crippen LogP contribution in [0, 0.1) is 12.3 Å². The van der Waals surface area contributed by atoms with Crippen molar-refractivity contribution < 1.29 is 27.5 Å². The maximum atomic E-state index is 12.6. The van der Waals surface area contributed by atoms with Gasteiger partial charge in [-0.25, -0.2) is 13.2 Å². The summed E-state index contributed by atoms with van der Waals surface area (Å²) < 4.78 is 33.3. The smallest absolute Gasteiger partial charge is 0.341 e. The predicted octanol–water partition coefficient (Wildman–Crippen LogP) is 2.92. The summed E-state index contributed by atoms with van der Waals surface area (Å²) >= 11 is 5.83. The molecule has 1 aromatic carbocycles. The maximum absolute atomic E-state index is 12.6. The van der Waals surface area contributed by atoms with Crippen LogP contribution in [0.3, 0.4) is 0 Å². The topological polar surface area (TPSA) is 124 Å². The largest absolute Gasteiger partial charge is 0.465 e. The SMILES string of the molecule is C#CCn1c(=NC(=O)CS(=O)(=O)CC(=O)Nc2sc3c(c2C(=O)OC)CCC3)sc2cc(Br)ccc21. The molecule has 0 spiro atoms. The van der Waals surface area contributed by atoms with Gasteiger partial charge in [-0.2, -0.15) is 4.99 Å². The Kier molecular flexibility index (Phi) is 7.79. The number of methoxy groups -OCH3 is 1. The minimum atomic E-state index is -4.14. The molecule has 13 heteroatoms. The number of terminal acetylenes is 1. The second kappa shape index (κ2) is 10.7. The van der Waals surface area contributed by atoms with Crippen LogP contribution >= 0.6 is 38.6 Å². The zero-order valence-electron chi connectivity index (χ0n) is 19.0. The number of nitrogens with zero attached hydrogens (tertiary/aromatic N) is 2. The highest BCUT2D eigenvalue weighted by Gasteiger charge is 2.29. The Morgan fingerprint density at radius 1 is 1.25 bits per heavy atom. The maximum Gasteiger partial charge on any atom is 0.341 e. The number of carbonyl (C=O) groups excluding carboxylic acids is 3. The number of benzene rings is 1. The Bertz CT molecular complexity index is 1610. The van der Waals surface area contributed by atoms with Crippen molar-refractivity contribution >= 4 is 81.4 Å². The van der Waals surface area contributed by atoms with Crippen molar-refractivity contribution in [2.24, 2.45) is 4.99 Å². The zero-order chi connectivity index (χ0) is 26.0. The van der Waals surface area contributed by atoms with Crippen LogP contribution in [0.15, 0.2) is 27.7 Å². The number of thiazole rings is 1. The van der Waals surface area contributed by atoms with Crippen LogP contribution in [-0.2, 0) is 43.5 Å². The summed E-state index contributed by atoms with van der Waals surface area (Å²) in [5.74, 6) is -1.72. The van der Waals surface area contributed by atoms with E-state index >= 15 is 0 Å². The lowest BCUT2D eigenvalue weighted by Crippen LogP contribution is -2.28. The third kappa shape index (κ3) is 5.62. The predicted molar refractivity (Wildman–Crippen MR) is 142 cm³/mol. The third-order valence-electron chi connectivity index (χ3n) is 5.37. The van der Waals surface area contributed by atoms with Gasteiger partial charge < -0.3 is 14.6 Å². The molecule has 2 amide bonds. The number of nitrogens with one attached hydrogen (secondary N) is 1. The molecule has 4 rings (SSSR count). The van der Waals surface area contributed by atoms with Crippen molar-refractivity contribution in [3.05, 3.63) is 43.5 Å². The van der Waals surface area contributed by atoms with Gasteiger partial charge in [-0.1, -0.05) is 33.2 Å². The molecule has 1 aliphatic carbocycles. The van der Waals surface area contributed by atoms with E-state index in [0.29, 0.717) is 6.42 Å². The summed E-state index contributed by atoms with van der Waals surface area (Å²) in [7, 11) is -2.89. The van der Waals surface area contributed by atoms with Gasteiger partial charge in [0.25, 0.3) is 5.91 Å². The van der Waals surface area contributed by atoms with E-state index < -0.39 is 39.1 Å². The first-order valence-electron chi connectivity index (χ1n) is 10.6. The minimum Gasteiger partial charge on any atom is -0.465 e. The number of amides is 2. The summed E-state index contributed by atoms with van der Waals surface area (Å²) in [5, 5.41) is 2.77. The Hall–Kier alpha value is -2.79. The summed E-state index contributed by atoms with van der Waals surface area (Å²) in [6.07, 6.45) is 7.82. The number of halogens is 1. The van der Waals surface area contributed by atoms with Gasteiger partial charge in [-0.05, 0) is 43.0 Å².